The van der Waals surface area contributed by atoms with Crippen LogP contribution in [-0.4, -0.2) is 82.4 Å². The zero-order valence-electron chi connectivity index (χ0n) is 19.0. The number of nitrogens with one attached hydrogen (secondary N) is 1. The van der Waals surface area contributed by atoms with Crippen LogP contribution in [0.3, 0.4) is 0 Å². The van der Waals surface area contributed by atoms with Crippen LogP contribution in [0.2, 0.25) is 0 Å². The number of aliphatic hydroxyl groups excluding tert-OH is 3. The Morgan fingerprint density at radius 1 is 1.19 bits per heavy atom. The fourth-order valence-corrected chi connectivity index (χ4v) is 4.92. The largest absolute Gasteiger partial charge is 0.462 e. The first-order valence-electron chi connectivity index (χ1n) is 10.8. The van der Waals surface area contributed by atoms with E-state index < -0.39 is 44.1 Å². The molecular weight excluding hydrogens is 439 g/mol. The predicted octanol–water partition coefficient (Wildman–Crippen LogP) is 1.30. The number of ether oxygens (including phenoxy) is 1. The summed E-state index contributed by atoms with van der Waals surface area (Å²) in [6.07, 6.45) is -3.41. The smallest absolute Gasteiger partial charge is 0.459 e. The van der Waals surface area contributed by atoms with E-state index in [2.05, 4.69) is 5.09 Å². The average Bonchev–Trinajstić information content (AvgIpc) is 2.72. The third kappa shape index (κ3) is 7.52. The number of nitrogens with zero attached hydrogens (tertiary/aromatic N) is 1. The first-order chi connectivity index (χ1) is 15.1. The molecular formula is C21H35N2O8P. The molecule has 5 unspecified atom stereocenters. The predicted molar refractivity (Wildman–Crippen MR) is 118 cm³/mol. The van der Waals surface area contributed by atoms with Crippen LogP contribution >= 0.6 is 7.75 Å². The van der Waals surface area contributed by atoms with E-state index in [-0.39, 0.29) is 25.0 Å². The topological polar surface area (TPSA) is 138 Å². The lowest BCUT2D eigenvalue weighted by Gasteiger charge is -2.43. The van der Waals surface area contributed by atoms with Crippen LogP contribution in [0, 0.1) is 0 Å². The summed E-state index contributed by atoms with van der Waals surface area (Å²) in [5.41, 5.74) is 0. The van der Waals surface area contributed by atoms with Crippen molar-refractivity contribution in [3.63, 3.8) is 0 Å². The third-order valence-electron chi connectivity index (χ3n) is 4.98. The number of esters is 1. The Labute approximate surface area is 189 Å². The van der Waals surface area contributed by atoms with Crippen molar-refractivity contribution in [2.75, 3.05) is 19.7 Å². The summed E-state index contributed by atoms with van der Waals surface area (Å²) >= 11 is 0. The molecule has 1 aromatic carbocycles. The molecule has 2 rings (SSSR count). The molecule has 0 spiro atoms. The number of hydrogen-bond donors (Lipinski definition) is 4. The van der Waals surface area contributed by atoms with Gasteiger partial charge in [0.2, 0.25) is 0 Å². The quantitative estimate of drug-likeness (QED) is 0.274. The van der Waals surface area contributed by atoms with E-state index in [4.69, 9.17) is 13.8 Å². The highest BCUT2D eigenvalue weighted by Crippen LogP contribution is 2.45. The molecule has 32 heavy (non-hydrogen) atoms. The first kappa shape index (κ1) is 26.7. The number of piperidine rings is 1. The van der Waals surface area contributed by atoms with E-state index in [0.29, 0.717) is 6.54 Å². The molecule has 0 aromatic heterocycles. The molecule has 0 aliphatic carbocycles. The number of carbonyl (C=O) groups is 1. The van der Waals surface area contributed by atoms with Gasteiger partial charge in [-0.15, -0.1) is 0 Å². The molecule has 6 atom stereocenters. The van der Waals surface area contributed by atoms with E-state index in [9.17, 15) is 24.7 Å². The van der Waals surface area contributed by atoms with Gasteiger partial charge in [0.05, 0.1) is 24.9 Å². The van der Waals surface area contributed by atoms with Crippen LogP contribution in [0.1, 0.15) is 34.1 Å². The van der Waals surface area contributed by atoms with E-state index in [1.54, 1.807) is 49.1 Å². The lowest BCUT2D eigenvalue weighted by atomic mass is 9.94. The van der Waals surface area contributed by atoms with Crippen molar-refractivity contribution in [1.29, 1.82) is 0 Å². The van der Waals surface area contributed by atoms with Gasteiger partial charge in [0, 0.05) is 6.54 Å². The maximum absolute atomic E-state index is 13.6. The third-order valence-corrected chi connectivity index (χ3v) is 6.62. The van der Waals surface area contributed by atoms with Gasteiger partial charge in [0.25, 0.3) is 0 Å². The molecule has 0 saturated carbocycles. The van der Waals surface area contributed by atoms with Crippen molar-refractivity contribution in [2.24, 2.45) is 0 Å². The summed E-state index contributed by atoms with van der Waals surface area (Å²) in [4.78, 5) is 14.0. The Hall–Kier alpha value is -1.52. The summed E-state index contributed by atoms with van der Waals surface area (Å²) in [5, 5.41) is 33.2. The van der Waals surface area contributed by atoms with Crippen LogP contribution in [0.4, 0.5) is 0 Å². The Kier molecular flexibility index (Phi) is 10.1. The molecule has 1 heterocycles. The van der Waals surface area contributed by atoms with E-state index in [1.807, 2.05) is 6.92 Å². The Balaban J connectivity index is 2.19. The maximum atomic E-state index is 13.6. The summed E-state index contributed by atoms with van der Waals surface area (Å²) in [7, 11) is -4.10. The van der Waals surface area contributed by atoms with Gasteiger partial charge in [-0.05, 0) is 45.9 Å². The molecule has 1 aliphatic heterocycles. The summed E-state index contributed by atoms with van der Waals surface area (Å²) in [6.45, 7) is 7.22. The second kappa shape index (κ2) is 12.1. The van der Waals surface area contributed by atoms with Crippen molar-refractivity contribution < 1.29 is 38.5 Å². The molecule has 0 radical (unpaired) electrons. The second-order valence-electron chi connectivity index (χ2n) is 8.14. The minimum absolute atomic E-state index is 0.133. The molecule has 1 aliphatic rings. The van der Waals surface area contributed by atoms with Crippen LogP contribution in [0.15, 0.2) is 30.3 Å². The minimum Gasteiger partial charge on any atom is -0.462 e. The lowest BCUT2D eigenvalue weighted by Crippen LogP contribution is -2.62. The molecule has 1 aromatic rings. The van der Waals surface area contributed by atoms with Crippen molar-refractivity contribution in [3.05, 3.63) is 30.3 Å². The Bertz CT molecular complexity index is 765. The van der Waals surface area contributed by atoms with Crippen molar-refractivity contribution in [3.8, 4) is 5.75 Å². The van der Waals surface area contributed by atoms with Crippen molar-refractivity contribution in [1.82, 2.24) is 9.99 Å². The van der Waals surface area contributed by atoms with E-state index in [0.717, 1.165) is 6.42 Å². The fourth-order valence-electron chi connectivity index (χ4n) is 3.41. The van der Waals surface area contributed by atoms with Crippen LogP contribution in [-0.2, 0) is 18.6 Å². The number of benzene rings is 1. The number of para-hydroxylation sites is 1. The highest BCUT2D eigenvalue weighted by atomic mass is 31.2. The van der Waals surface area contributed by atoms with Gasteiger partial charge in [-0.25, -0.2) is 4.57 Å². The van der Waals surface area contributed by atoms with Crippen molar-refractivity contribution >= 4 is 13.7 Å². The number of β-amino-alcohol motifs (C(OH)–C–C–N with tert-alkyl or cyclic N) is 1. The van der Waals surface area contributed by atoms with Crippen molar-refractivity contribution in [2.45, 2.75) is 70.6 Å². The van der Waals surface area contributed by atoms with Gasteiger partial charge in [0.1, 0.15) is 24.0 Å². The highest BCUT2D eigenvalue weighted by Gasteiger charge is 2.43. The molecule has 1 fully saturated rings. The van der Waals surface area contributed by atoms with E-state index in [1.165, 1.54) is 6.92 Å². The molecule has 10 nitrogen and oxygen atoms in total. The Morgan fingerprint density at radius 3 is 2.44 bits per heavy atom. The van der Waals surface area contributed by atoms with Gasteiger partial charge < -0.3 is 24.6 Å². The number of rotatable bonds is 11. The van der Waals surface area contributed by atoms with Gasteiger partial charge in [-0.2, -0.15) is 5.09 Å². The van der Waals surface area contributed by atoms with Gasteiger partial charge >= 0.3 is 13.7 Å². The normalized spacial score (nSPS) is 27.0. The molecule has 1 saturated heterocycles. The summed E-state index contributed by atoms with van der Waals surface area (Å²) in [6, 6.07) is 6.61. The molecule has 0 amide bonds. The van der Waals surface area contributed by atoms with Crippen LogP contribution < -0.4 is 9.61 Å². The lowest BCUT2D eigenvalue weighted by molar-refractivity contribution is -0.149. The second-order valence-corrected chi connectivity index (χ2v) is 9.84. The maximum Gasteiger partial charge on any atom is 0.459 e. The number of hydrogen-bond acceptors (Lipinski definition) is 9. The van der Waals surface area contributed by atoms with E-state index >= 15 is 0 Å². The zero-order chi connectivity index (χ0) is 23.9. The zero-order valence-corrected chi connectivity index (χ0v) is 19.9. The average molecular weight is 474 g/mol. The molecule has 182 valence electrons. The van der Waals surface area contributed by atoms with Gasteiger partial charge in [0.15, 0.2) is 0 Å². The SMILES string of the molecule is CCCN1CC(O)C(O)C(O)C1COP(=O)(N[C@@H](C)C(=O)OC(C)C)Oc1ccccc1. The summed E-state index contributed by atoms with van der Waals surface area (Å²) in [5.74, 6) is -0.359. The number of aliphatic hydroxyl groups is 3. The highest BCUT2D eigenvalue weighted by molar-refractivity contribution is 7.52. The summed E-state index contributed by atoms with van der Waals surface area (Å²) < 4.78 is 30.0. The van der Waals surface area contributed by atoms with Crippen LogP contribution in [0.25, 0.3) is 0 Å². The van der Waals surface area contributed by atoms with Crippen LogP contribution in [0.5, 0.6) is 5.75 Å². The monoisotopic (exact) mass is 474 g/mol. The molecule has 4 N–H and O–H groups in total. The Morgan fingerprint density at radius 2 is 1.84 bits per heavy atom. The number of carbonyl (C=O) groups excluding carboxylic acids is 1. The fraction of sp³-hybridized carbons (Fsp3) is 0.667. The number of likely N-dealkylation sites (tertiary alicyclic amines) is 1. The molecule has 11 heteroatoms. The first-order valence-corrected chi connectivity index (χ1v) is 12.4. The standard InChI is InChI=1S/C21H35N2O8P/c1-5-11-23-12-18(24)20(26)19(25)17(23)13-29-32(28,31-16-9-7-6-8-10-16)22-15(4)21(27)30-14(2)3/h6-10,14-15,17-20,24-26H,5,11-13H2,1-4H3,(H,22,28)/t15-,17?,18?,19?,20?,32?/m0/s1. The minimum atomic E-state index is -4.10. The van der Waals surface area contributed by atoms with Gasteiger partial charge in [-0.1, -0.05) is 25.1 Å². The van der Waals surface area contributed by atoms with Gasteiger partial charge in [-0.3, -0.25) is 14.2 Å². The molecule has 0 bridgehead atoms.